The van der Waals surface area contributed by atoms with Gasteiger partial charge in [0, 0.05) is 40.9 Å². The van der Waals surface area contributed by atoms with Crippen LogP contribution in [0.3, 0.4) is 0 Å². The first-order valence-electron chi connectivity index (χ1n) is 7.98. The van der Waals surface area contributed by atoms with Gasteiger partial charge in [0.15, 0.2) is 0 Å². The van der Waals surface area contributed by atoms with Gasteiger partial charge >= 0.3 is 0 Å². The van der Waals surface area contributed by atoms with Gasteiger partial charge in [-0.25, -0.2) is 9.97 Å². The van der Waals surface area contributed by atoms with E-state index in [2.05, 4.69) is 49.9 Å². The molecule has 3 heterocycles. The molecule has 1 aromatic carbocycles. The van der Waals surface area contributed by atoms with Crippen LogP contribution in [0.15, 0.2) is 35.1 Å². The molecule has 0 radical (unpaired) electrons. The van der Waals surface area contributed by atoms with Crippen molar-refractivity contribution < 1.29 is 0 Å². The lowest BCUT2D eigenvalue weighted by Gasteiger charge is -2.30. The Bertz CT molecular complexity index is 928. The lowest BCUT2D eigenvalue weighted by Crippen LogP contribution is -2.31. The predicted molar refractivity (Wildman–Crippen MR) is 101 cm³/mol. The van der Waals surface area contributed by atoms with Gasteiger partial charge in [0.25, 0.3) is 0 Å². The van der Waals surface area contributed by atoms with Crippen LogP contribution in [0.5, 0.6) is 0 Å². The molecule has 4 nitrogen and oxygen atoms in total. The number of benzene rings is 1. The summed E-state index contributed by atoms with van der Waals surface area (Å²) in [6, 6.07) is 6.02. The summed E-state index contributed by atoms with van der Waals surface area (Å²) in [6.07, 6.45) is 5.61. The molecule has 0 saturated heterocycles. The fraction of sp³-hybridized carbons (Fsp3) is 0.278. The molecule has 4 rings (SSSR count). The summed E-state index contributed by atoms with van der Waals surface area (Å²) in [7, 11) is 0. The normalized spacial score (nSPS) is 14.0. The first kappa shape index (κ1) is 15.8. The molecule has 0 amide bonds. The van der Waals surface area contributed by atoms with Gasteiger partial charge in [-0.3, -0.25) is 4.98 Å². The molecule has 0 bridgehead atoms. The van der Waals surface area contributed by atoms with Gasteiger partial charge in [0.05, 0.1) is 22.8 Å². The van der Waals surface area contributed by atoms with Crippen LogP contribution < -0.4 is 4.90 Å². The van der Waals surface area contributed by atoms with Crippen LogP contribution in [-0.2, 0) is 19.4 Å². The van der Waals surface area contributed by atoms with E-state index in [1.165, 1.54) is 5.56 Å². The molecule has 0 fully saturated rings. The SMILES string of the molecule is CCc1ncc2c(n1)CN(c1ccnc3c(Cl)cc(Br)cc13)CC2. The number of fused-ring (bicyclic) bond motifs is 2. The lowest BCUT2D eigenvalue weighted by atomic mass is 10.0. The number of anilines is 1. The number of aromatic nitrogens is 3. The highest BCUT2D eigenvalue weighted by molar-refractivity contribution is 9.10. The van der Waals surface area contributed by atoms with Crippen molar-refractivity contribution in [2.75, 3.05) is 11.4 Å². The van der Waals surface area contributed by atoms with E-state index >= 15 is 0 Å². The molecular weight excluding hydrogens is 388 g/mol. The highest BCUT2D eigenvalue weighted by atomic mass is 79.9. The van der Waals surface area contributed by atoms with Crippen LogP contribution in [0.25, 0.3) is 10.9 Å². The largest absolute Gasteiger partial charge is 0.365 e. The zero-order valence-electron chi connectivity index (χ0n) is 13.3. The maximum Gasteiger partial charge on any atom is 0.128 e. The molecule has 0 aliphatic carbocycles. The molecule has 0 saturated carbocycles. The summed E-state index contributed by atoms with van der Waals surface area (Å²) in [5.74, 6) is 0.904. The zero-order chi connectivity index (χ0) is 16.7. The Kier molecular flexibility index (Phi) is 4.14. The first-order valence-corrected chi connectivity index (χ1v) is 9.15. The minimum absolute atomic E-state index is 0.661. The van der Waals surface area contributed by atoms with E-state index in [1.54, 1.807) is 0 Å². The van der Waals surface area contributed by atoms with E-state index in [4.69, 9.17) is 16.6 Å². The van der Waals surface area contributed by atoms with Crippen molar-refractivity contribution in [1.82, 2.24) is 15.0 Å². The Hall–Kier alpha value is -1.72. The summed E-state index contributed by atoms with van der Waals surface area (Å²) in [4.78, 5) is 15.9. The average Bonchev–Trinajstić information content (AvgIpc) is 2.60. The second-order valence-corrected chi connectivity index (χ2v) is 7.22. The summed E-state index contributed by atoms with van der Waals surface area (Å²) >= 11 is 9.90. The first-order chi connectivity index (χ1) is 11.7. The van der Waals surface area contributed by atoms with Crippen LogP contribution in [0, 0.1) is 0 Å². The van der Waals surface area contributed by atoms with Gasteiger partial charge < -0.3 is 4.90 Å². The number of pyridine rings is 1. The molecule has 0 unspecified atom stereocenters. The second-order valence-electron chi connectivity index (χ2n) is 5.90. The Morgan fingerprint density at radius 1 is 1.29 bits per heavy atom. The van der Waals surface area contributed by atoms with Crippen molar-refractivity contribution in [3.63, 3.8) is 0 Å². The minimum atomic E-state index is 0.661. The fourth-order valence-electron chi connectivity index (χ4n) is 3.16. The molecule has 3 aromatic rings. The number of halogens is 2. The maximum absolute atomic E-state index is 6.36. The molecule has 0 atom stereocenters. The van der Waals surface area contributed by atoms with E-state index in [0.717, 1.165) is 58.5 Å². The van der Waals surface area contributed by atoms with Crippen molar-refractivity contribution in [1.29, 1.82) is 0 Å². The fourth-order valence-corrected chi connectivity index (χ4v) is 4.02. The van der Waals surface area contributed by atoms with Gasteiger partial charge in [0.2, 0.25) is 0 Å². The van der Waals surface area contributed by atoms with E-state index in [1.807, 2.05) is 18.5 Å². The Morgan fingerprint density at radius 3 is 3.00 bits per heavy atom. The molecule has 24 heavy (non-hydrogen) atoms. The molecule has 0 N–H and O–H groups in total. The number of hydrogen-bond acceptors (Lipinski definition) is 4. The third kappa shape index (κ3) is 2.76. The van der Waals surface area contributed by atoms with Gasteiger partial charge in [-0.2, -0.15) is 0 Å². The van der Waals surface area contributed by atoms with Crippen LogP contribution >= 0.6 is 27.5 Å². The number of aryl methyl sites for hydroxylation is 1. The van der Waals surface area contributed by atoms with Crippen molar-refractivity contribution in [2.45, 2.75) is 26.3 Å². The topological polar surface area (TPSA) is 41.9 Å². The Balaban J connectivity index is 1.78. The standard InChI is InChI=1S/C18H16BrClN4/c1-2-17-22-9-11-4-6-24(10-15(11)23-17)16-3-5-21-18-13(16)7-12(19)8-14(18)20/h3,5,7-9H,2,4,6,10H2,1H3. The highest BCUT2D eigenvalue weighted by Gasteiger charge is 2.21. The molecule has 6 heteroatoms. The van der Waals surface area contributed by atoms with E-state index in [9.17, 15) is 0 Å². The average molecular weight is 404 g/mol. The predicted octanol–water partition coefficient (Wildman–Crippen LogP) is 4.57. The van der Waals surface area contributed by atoms with Crippen LogP contribution in [0.4, 0.5) is 5.69 Å². The lowest BCUT2D eigenvalue weighted by molar-refractivity contribution is 0.694. The molecule has 2 aromatic heterocycles. The van der Waals surface area contributed by atoms with Gasteiger partial charge in [0.1, 0.15) is 5.82 Å². The highest BCUT2D eigenvalue weighted by Crippen LogP contribution is 2.34. The summed E-state index contributed by atoms with van der Waals surface area (Å²) in [5, 5.41) is 1.72. The number of rotatable bonds is 2. The van der Waals surface area contributed by atoms with Crippen LogP contribution in [0.2, 0.25) is 5.02 Å². The van der Waals surface area contributed by atoms with E-state index in [0.29, 0.717) is 5.02 Å². The van der Waals surface area contributed by atoms with E-state index in [-0.39, 0.29) is 0 Å². The van der Waals surface area contributed by atoms with Gasteiger partial charge in [-0.15, -0.1) is 0 Å². The van der Waals surface area contributed by atoms with Crippen molar-refractivity contribution in [3.8, 4) is 0 Å². The monoisotopic (exact) mass is 402 g/mol. The van der Waals surface area contributed by atoms with Gasteiger partial charge in [-0.1, -0.05) is 34.5 Å². The number of hydrogen-bond donors (Lipinski definition) is 0. The van der Waals surface area contributed by atoms with Gasteiger partial charge in [-0.05, 0) is 30.2 Å². The zero-order valence-corrected chi connectivity index (χ0v) is 15.6. The minimum Gasteiger partial charge on any atom is -0.365 e. The molecule has 1 aliphatic rings. The Labute approximate surface area is 154 Å². The maximum atomic E-state index is 6.36. The van der Waals surface area contributed by atoms with E-state index < -0.39 is 0 Å². The summed E-state index contributed by atoms with van der Waals surface area (Å²) in [5.41, 5.74) is 4.35. The third-order valence-corrected chi connectivity index (χ3v) is 5.14. The number of nitrogens with zero attached hydrogens (tertiary/aromatic N) is 4. The third-order valence-electron chi connectivity index (χ3n) is 4.39. The summed E-state index contributed by atoms with van der Waals surface area (Å²) in [6.45, 7) is 3.80. The van der Waals surface area contributed by atoms with Crippen molar-refractivity contribution in [2.24, 2.45) is 0 Å². The molecule has 0 spiro atoms. The quantitative estimate of drug-likeness (QED) is 0.629. The Morgan fingerprint density at radius 2 is 2.17 bits per heavy atom. The second kappa shape index (κ2) is 6.30. The summed E-state index contributed by atoms with van der Waals surface area (Å²) < 4.78 is 0.960. The van der Waals surface area contributed by atoms with Crippen molar-refractivity contribution in [3.05, 3.63) is 57.2 Å². The van der Waals surface area contributed by atoms with Crippen LogP contribution in [0.1, 0.15) is 24.0 Å². The van der Waals surface area contributed by atoms with Crippen LogP contribution in [-0.4, -0.2) is 21.5 Å². The molecular formula is C18H16BrClN4. The molecule has 1 aliphatic heterocycles. The molecule has 122 valence electrons. The smallest absolute Gasteiger partial charge is 0.128 e. The van der Waals surface area contributed by atoms with Crippen molar-refractivity contribution >= 4 is 44.1 Å².